The second-order valence-corrected chi connectivity index (χ2v) is 0.954. The summed E-state index contributed by atoms with van der Waals surface area (Å²) in [6.07, 6.45) is 8.15. The van der Waals surface area contributed by atoms with E-state index in [0.717, 1.165) is 12.2 Å². The first-order chi connectivity index (χ1) is 3.91. The maximum atomic E-state index is 9.42. The van der Waals surface area contributed by atoms with Crippen molar-refractivity contribution in [1.29, 1.82) is 0 Å². The van der Waals surface area contributed by atoms with Crippen LogP contribution in [0, 0.1) is 0 Å². The van der Waals surface area contributed by atoms with Gasteiger partial charge < -0.3 is 0 Å². The summed E-state index contributed by atoms with van der Waals surface area (Å²) in [5.74, 6) is 0. The number of hydrogen-bond donors (Lipinski definition) is 0. The standard InChI is InChI=1S/C6H4O2/c7-5-3-1-2-4-6-8/h1-4H/b3-1+,4-2?. The van der Waals surface area contributed by atoms with Crippen molar-refractivity contribution < 1.29 is 9.59 Å². The summed E-state index contributed by atoms with van der Waals surface area (Å²) in [4.78, 5) is 18.8. The van der Waals surface area contributed by atoms with Crippen LogP contribution in [0.2, 0.25) is 0 Å². The normalized spacial score (nSPS) is 10.5. The molecule has 0 aliphatic carbocycles. The summed E-state index contributed by atoms with van der Waals surface area (Å²) in [5, 5.41) is 0. The second kappa shape index (κ2) is 5.82. The first kappa shape index (κ1) is 6.82. The van der Waals surface area contributed by atoms with Gasteiger partial charge in [-0.05, 0) is 12.2 Å². The van der Waals surface area contributed by atoms with Gasteiger partial charge in [0, 0.05) is 0 Å². The molecule has 0 aliphatic rings. The van der Waals surface area contributed by atoms with Crippen LogP contribution >= 0.6 is 0 Å². The van der Waals surface area contributed by atoms with Gasteiger partial charge in [-0.15, -0.1) is 0 Å². The summed E-state index contributed by atoms with van der Waals surface area (Å²) in [7, 11) is 0. The lowest BCUT2D eigenvalue weighted by molar-refractivity contribution is 0.563. The molecule has 0 aliphatic heterocycles. The summed E-state index contributed by atoms with van der Waals surface area (Å²) >= 11 is 0. The first-order valence-corrected chi connectivity index (χ1v) is 1.99. The van der Waals surface area contributed by atoms with E-state index < -0.39 is 0 Å². The molecular formula is C6H4O2. The van der Waals surface area contributed by atoms with Crippen molar-refractivity contribution in [2.24, 2.45) is 0 Å². The third-order valence-electron chi connectivity index (χ3n) is 0.440. The molecule has 0 amide bonds. The molecule has 0 aromatic carbocycles. The third-order valence-corrected chi connectivity index (χ3v) is 0.440. The molecule has 0 spiro atoms. The zero-order valence-electron chi connectivity index (χ0n) is 4.13. The van der Waals surface area contributed by atoms with Crippen LogP contribution in [-0.2, 0) is 9.59 Å². The SMILES string of the molecule is O=[C]C=C/C=C/[C]=O. The van der Waals surface area contributed by atoms with E-state index in [1.165, 1.54) is 24.7 Å². The maximum absolute atomic E-state index is 9.42. The smallest absolute Gasteiger partial charge is 0.225 e. The highest BCUT2D eigenvalue weighted by molar-refractivity contribution is 5.69. The Morgan fingerprint density at radius 3 is 1.50 bits per heavy atom. The Morgan fingerprint density at radius 1 is 0.875 bits per heavy atom. The fourth-order valence-electron chi connectivity index (χ4n) is 0.190. The maximum Gasteiger partial charge on any atom is 0.225 e. The summed E-state index contributed by atoms with van der Waals surface area (Å²) in [5.41, 5.74) is 0. The molecule has 2 radical (unpaired) electrons. The molecular weight excluding hydrogens is 104 g/mol. The second-order valence-electron chi connectivity index (χ2n) is 0.954. The van der Waals surface area contributed by atoms with E-state index in [9.17, 15) is 9.59 Å². The highest BCUT2D eigenvalue weighted by Crippen LogP contribution is 1.69. The molecule has 0 aromatic rings. The molecule has 0 heterocycles. The van der Waals surface area contributed by atoms with Gasteiger partial charge in [-0.25, -0.2) is 0 Å². The van der Waals surface area contributed by atoms with Crippen molar-refractivity contribution in [3.05, 3.63) is 24.3 Å². The van der Waals surface area contributed by atoms with Gasteiger partial charge in [0.2, 0.25) is 12.6 Å². The van der Waals surface area contributed by atoms with Gasteiger partial charge in [-0.3, -0.25) is 9.59 Å². The van der Waals surface area contributed by atoms with Gasteiger partial charge >= 0.3 is 0 Å². The minimum absolute atomic E-state index is 1.16. The molecule has 0 saturated carbocycles. The number of carbonyl (C=O) groups excluding carboxylic acids is 2. The fraction of sp³-hybridized carbons (Fsp3) is 0. The topological polar surface area (TPSA) is 34.1 Å². The molecule has 2 nitrogen and oxygen atoms in total. The largest absolute Gasteiger partial charge is 0.286 e. The highest BCUT2D eigenvalue weighted by atomic mass is 16.1. The minimum atomic E-state index is 1.16. The molecule has 0 unspecified atom stereocenters. The number of rotatable bonds is 3. The van der Waals surface area contributed by atoms with E-state index >= 15 is 0 Å². The van der Waals surface area contributed by atoms with E-state index in [2.05, 4.69) is 0 Å². The number of allylic oxidation sites excluding steroid dienone is 4. The Hall–Kier alpha value is -1.18. The molecule has 0 atom stereocenters. The van der Waals surface area contributed by atoms with E-state index in [1.54, 1.807) is 0 Å². The lowest BCUT2D eigenvalue weighted by Crippen LogP contribution is -1.58. The van der Waals surface area contributed by atoms with Gasteiger partial charge in [0.25, 0.3) is 0 Å². The Kier molecular flexibility index (Phi) is 4.96. The van der Waals surface area contributed by atoms with Gasteiger partial charge in [0.1, 0.15) is 0 Å². The van der Waals surface area contributed by atoms with Gasteiger partial charge in [0.15, 0.2) is 0 Å². The molecule has 0 bridgehead atoms. The van der Waals surface area contributed by atoms with Crippen molar-refractivity contribution in [1.82, 2.24) is 0 Å². The van der Waals surface area contributed by atoms with Crippen molar-refractivity contribution in [3.8, 4) is 0 Å². The molecule has 40 valence electrons. The monoisotopic (exact) mass is 108 g/mol. The van der Waals surface area contributed by atoms with Crippen molar-refractivity contribution in [2.75, 3.05) is 0 Å². The fourth-order valence-corrected chi connectivity index (χ4v) is 0.190. The predicted molar refractivity (Wildman–Crippen MR) is 29.7 cm³/mol. The summed E-state index contributed by atoms with van der Waals surface area (Å²) in [6, 6.07) is 0. The first-order valence-electron chi connectivity index (χ1n) is 1.99. The minimum Gasteiger partial charge on any atom is -0.286 e. The average molecular weight is 108 g/mol. The summed E-state index contributed by atoms with van der Waals surface area (Å²) < 4.78 is 0. The molecule has 0 saturated heterocycles. The molecule has 0 N–H and O–H groups in total. The van der Waals surface area contributed by atoms with Crippen molar-refractivity contribution >= 4 is 12.6 Å². The van der Waals surface area contributed by atoms with Gasteiger partial charge in [-0.2, -0.15) is 0 Å². The lowest BCUT2D eigenvalue weighted by Gasteiger charge is -1.61. The van der Waals surface area contributed by atoms with Crippen LogP contribution in [0.4, 0.5) is 0 Å². The van der Waals surface area contributed by atoms with E-state index in [-0.39, 0.29) is 0 Å². The van der Waals surface area contributed by atoms with Gasteiger partial charge in [-0.1, -0.05) is 12.2 Å². The van der Waals surface area contributed by atoms with Crippen LogP contribution in [0.1, 0.15) is 0 Å². The van der Waals surface area contributed by atoms with Crippen LogP contribution in [0.15, 0.2) is 24.3 Å². The molecule has 0 aromatic heterocycles. The lowest BCUT2D eigenvalue weighted by atomic mass is 10.4. The summed E-state index contributed by atoms with van der Waals surface area (Å²) in [6.45, 7) is 0. The molecule has 0 rings (SSSR count). The van der Waals surface area contributed by atoms with E-state index in [0.29, 0.717) is 0 Å². The van der Waals surface area contributed by atoms with Crippen LogP contribution in [0.5, 0.6) is 0 Å². The van der Waals surface area contributed by atoms with Crippen LogP contribution in [0.3, 0.4) is 0 Å². The third kappa shape index (κ3) is 4.82. The highest BCUT2D eigenvalue weighted by Gasteiger charge is 1.62. The number of hydrogen-bond acceptors (Lipinski definition) is 2. The predicted octanol–water partition coefficient (Wildman–Crippen LogP) is 0.318. The molecule has 0 fully saturated rings. The Balaban J connectivity index is 3.41. The average Bonchev–Trinajstić information content (AvgIpc) is 1.81. The Labute approximate surface area is 47.5 Å². The van der Waals surface area contributed by atoms with Crippen molar-refractivity contribution in [2.45, 2.75) is 0 Å². The van der Waals surface area contributed by atoms with E-state index in [4.69, 9.17) is 0 Å². The quantitative estimate of drug-likeness (QED) is 0.385. The van der Waals surface area contributed by atoms with Crippen LogP contribution in [-0.4, -0.2) is 12.6 Å². The van der Waals surface area contributed by atoms with Crippen LogP contribution in [0.25, 0.3) is 0 Å². The zero-order valence-corrected chi connectivity index (χ0v) is 4.13. The van der Waals surface area contributed by atoms with E-state index in [1.807, 2.05) is 0 Å². The van der Waals surface area contributed by atoms with Crippen molar-refractivity contribution in [3.63, 3.8) is 0 Å². The Bertz CT molecular complexity index is 106. The Morgan fingerprint density at radius 2 is 1.25 bits per heavy atom. The molecule has 8 heavy (non-hydrogen) atoms. The van der Waals surface area contributed by atoms with Gasteiger partial charge in [0.05, 0.1) is 0 Å². The van der Waals surface area contributed by atoms with Crippen LogP contribution < -0.4 is 0 Å². The molecule has 2 heteroatoms. The zero-order chi connectivity index (χ0) is 6.24.